The average Bonchev–Trinajstić information content (AvgIpc) is 3.01. The molecule has 0 saturated carbocycles. The molecule has 0 fully saturated rings. The van der Waals surface area contributed by atoms with E-state index in [1.807, 2.05) is 0 Å². The molecule has 0 bridgehead atoms. The first kappa shape index (κ1) is 20.4. The van der Waals surface area contributed by atoms with Gasteiger partial charge in [0.25, 0.3) is 5.69 Å². The Balaban J connectivity index is 1.92. The van der Waals surface area contributed by atoms with E-state index in [0.29, 0.717) is 24.0 Å². The van der Waals surface area contributed by atoms with Crippen LogP contribution in [0.15, 0.2) is 51.7 Å². The van der Waals surface area contributed by atoms with Crippen LogP contribution in [-0.2, 0) is 10.0 Å². The molecule has 0 aliphatic rings. The lowest BCUT2D eigenvalue weighted by Crippen LogP contribution is -2.30. The number of sulfonamides is 1. The van der Waals surface area contributed by atoms with E-state index in [0.717, 1.165) is 0 Å². The van der Waals surface area contributed by atoms with Gasteiger partial charge in [0, 0.05) is 36.8 Å². The van der Waals surface area contributed by atoms with Crippen LogP contribution in [0.2, 0.25) is 0 Å². The van der Waals surface area contributed by atoms with Crippen molar-refractivity contribution in [2.24, 2.45) is 10.2 Å². The number of fused-ring (bicyclic) bond motifs is 1. The number of aromatic amines is 1. The van der Waals surface area contributed by atoms with E-state index in [2.05, 4.69) is 20.2 Å². The standard InChI is InChI=1S/C17H18N6O5S/c1-3-22(4-2)29(27,28)12-6-8-15(18-10-12)20-21-16-13-9-11(23(25)26)5-7-14(13)19-17(16)24/h5-10,19,24H,3-4H2,1-2H3. The number of nitrogens with zero attached hydrogens (tertiary/aromatic N) is 5. The van der Waals surface area contributed by atoms with E-state index < -0.39 is 14.9 Å². The number of azo groups is 1. The summed E-state index contributed by atoms with van der Waals surface area (Å²) >= 11 is 0. The Morgan fingerprint density at radius 1 is 1.21 bits per heavy atom. The second-order valence-electron chi connectivity index (χ2n) is 5.95. The Kier molecular flexibility index (Phi) is 5.57. The van der Waals surface area contributed by atoms with Crippen molar-refractivity contribution in [2.45, 2.75) is 18.7 Å². The van der Waals surface area contributed by atoms with Crippen molar-refractivity contribution in [3.8, 4) is 5.88 Å². The van der Waals surface area contributed by atoms with Gasteiger partial charge in [-0.15, -0.1) is 10.2 Å². The van der Waals surface area contributed by atoms with Gasteiger partial charge < -0.3 is 10.1 Å². The molecule has 3 rings (SSSR count). The summed E-state index contributed by atoms with van der Waals surface area (Å²) in [5.74, 6) is -0.187. The number of aromatic nitrogens is 2. The maximum atomic E-state index is 12.5. The van der Waals surface area contributed by atoms with Crippen LogP contribution in [0.3, 0.4) is 0 Å². The van der Waals surface area contributed by atoms with Crippen LogP contribution in [0.1, 0.15) is 13.8 Å². The lowest BCUT2D eigenvalue weighted by molar-refractivity contribution is -0.384. The molecule has 2 heterocycles. The summed E-state index contributed by atoms with van der Waals surface area (Å²) in [7, 11) is -3.63. The molecule has 0 aliphatic carbocycles. The number of benzene rings is 1. The predicted molar refractivity (Wildman–Crippen MR) is 105 cm³/mol. The third kappa shape index (κ3) is 3.93. The molecule has 1 aromatic carbocycles. The summed E-state index contributed by atoms with van der Waals surface area (Å²) < 4.78 is 26.2. The lowest BCUT2D eigenvalue weighted by atomic mass is 10.2. The summed E-state index contributed by atoms with van der Waals surface area (Å²) in [6.45, 7) is 4.17. The zero-order valence-corrected chi connectivity index (χ0v) is 16.4. The number of non-ortho nitro benzene ring substituents is 1. The Labute approximate surface area is 165 Å². The number of hydrogen-bond donors (Lipinski definition) is 2. The van der Waals surface area contributed by atoms with E-state index in [4.69, 9.17) is 0 Å². The molecule has 2 N–H and O–H groups in total. The van der Waals surface area contributed by atoms with Gasteiger partial charge in [0.05, 0.1) is 10.4 Å². The lowest BCUT2D eigenvalue weighted by Gasteiger charge is -2.17. The largest absolute Gasteiger partial charge is 0.493 e. The van der Waals surface area contributed by atoms with Crippen LogP contribution in [0.25, 0.3) is 10.9 Å². The van der Waals surface area contributed by atoms with Gasteiger partial charge in [0.2, 0.25) is 15.9 Å². The van der Waals surface area contributed by atoms with Crippen LogP contribution < -0.4 is 0 Å². The number of nitrogens with one attached hydrogen (secondary N) is 1. The van der Waals surface area contributed by atoms with Crippen molar-refractivity contribution in [1.29, 1.82) is 0 Å². The van der Waals surface area contributed by atoms with E-state index in [-0.39, 0.29) is 28.0 Å². The maximum Gasteiger partial charge on any atom is 0.270 e. The molecule has 0 saturated heterocycles. The van der Waals surface area contributed by atoms with Crippen molar-refractivity contribution in [3.05, 3.63) is 46.6 Å². The summed E-state index contributed by atoms with van der Waals surface area (Å²) in [5, 5.41) is 29.1. The maximum absolute atomic E-state index is 12.5. The highest BCUT2D eigenvalue weighted by atomic mass is 32.2. The molecular weight excluding hydrogens is 400 g/mol. The van der Waals surface area contributed by atoms with Crippen molar-refractivity contribution < 1.29 is 18.4 Å². The van der Waals surface area contributed by atoms with Crippen LogP contribution in [0.4, 0.5) is 17.2 Å². The quantitative estimate of drug-likeness (QED) is 0.339. The Bertz CT molecular complexity index is 1180. The third-order valence-electron chi connectivity index (χ3n) is 4.26. The number of rotatable bonds is 7. The van der Waals surface area contributed by atoms with Crippen molar-refractivity contribution >= 4 is 38.1 Å². The molecule has 11 nitrogen and oxygen atoms in total. The third-order valence-corrected chi connectivity index (χ3v) is 6.30. The minimum Gasteiger partial charge on any atom is -0.493 e. The van der Waals surface area contributed by atoms with Crippen LogP contribution in [0.5, 0.6) is 5.88 Å². The number of nitro benzene ring substituents is 1. The number of H-pyrrole nitrogens is 1. The second-order valence-corrected chi connectivity index (χ2v) is 7.89. The zero-order valence-electron chi connectivity index (χ0n) is 15.6. The molecule has 12 heteroatoms. The molecule has 0 radical (unpaired) electrons. The van der Waals surface area contributed by atoms with Gasteiger partial charge in [-0.3, -0.25) is 10.1 Å². The van der Waals surface area contributed by atoms with Gasteiger partial charge in [-0.05, 0) is 18.2 Å². The minimum atomic E-state index is -3.63. The Hall–Kier alpha value is -3.38. The second kappa shape index (κ2) is 7.93. The van der Waals surface area contributed by atoms with E-state index in [9.17, 15) is 23.6 Å². The van der Waals surface area contributed by atoms with Crippen molar-refractivity contribution in [2.75, 3.05) is 13.1 Å². The predicted octanol–water partition coefficient (Wildman–Crippen LogP) is 3.62. The van der Waals surface area contributed by atoms with E-state index in [1.165, 1.54) is 40.8 Å². The highest BCUT2D eigenvalue weighted by molar-refractivity contribution is 7.89. The van der Waals surface area contributed by atoms with Gasteiger partial charge in [0.15, 0.2) is 11.5 Å². The van der Waals surface area contributed by atoms with Gasteiger partial charge in [-0.2, -0.15) is 4.31 Å². The average molecular weight is 418 g/mol. The Morgan fingerprint density at radius 3 is 2.52 bits per heavy atom. The smallest absolute Gasteiger partial charge is 0.270 e. The van der Waals surface area contributed by atoms with Gasteiger partial charge in [0.1, 0.15) is 4.90 Å². The number of pyridine rings is 1. The fourth-order valence-electron chi connectivity index (χ4n) is 2.76. The number of nitro groups is 1. The normalized spacial score (nSPS) is 12.2. The monoisotopic (exact) mass is 418 g/mol. The molecule has 152 valence electrons. The molecule has 0 amide bonds. The molecule has 0 aliphatic heterocycles. The molecule has 3 aromatic rings. The zero-order chi connectivity index (χ0) is 21.2. The van der Waals surface area contributed by atoms with Crippen LogP contribution >= 0.6 is 0 Å². The molecule has 0 atom stereocenters. The summed E-state index contributed by atoms with van der Waals surface area (Å²) in [6.07, 6.45) is 1.18. The minimum absolute atomic E-state index is 0.0188. The van der Waals surface area contributed by atoms with Crippen molar-refractivity contribution in [3.63, 3.8) is 0 Å². The van der Waals surface area contributed by atoms with Crippen molar-refractivity contribution in [1.82, 2.24) is 14.3 Å². The highest BCUT2D eigenvalue weighted by Gasteiger charge is 2.21. The van der Waals surface area contributed by atoms with Gasteiger partial charge in [-0.25, -0.2) is 13.4 Å². The fraction of sp³-hybridized carbons (Fsp3) is 0.235. The highest BCUT2D eigenvalue weighted by Crippen LogP contribution is 2.37. The molecule has 0 unspecified atom stereocenters. The number of hydrogen-bond acceptors (Lipinski definition) is 8. The van der Waals surface area contributed by atoms with E-state index in [1.54, 1.807) is 13.8 Å². The molecular formula is C17H18N6O5S. The number of aromatic hydroxyl groups is 1. The van der Waals surface area contributed by atoms with Crippen LogP contribution in [-0.4, -0.2) is 45.8 Å². The summed E-state index contributed by atoms with van der Waals surface area (Å²) in [4.78, 5) is 17.1. The topological polar surface area (TPSA) is 154 Å². The Morgan fingerprint density at radius 2 is 1.93 bits per heavy atom. The fourth-order valence-corrected chi connectivity index (χ4v) is 4.17. The van der Waals surface area contributed by atoms with Crippen LogP contribution in [0, 0.1) is 10.1 Å². The molecule has 29 heavy (non-hydrogen) atoms. The first-order valence-corrected chi connectivity index (χ1v) is 10.1. The molecule has 0 spiro atoms. The first-order valence-electron chi connectivity index (χ1n) is 8.65. The SMILES string of the molecule is CCN(CC)S(=O)(=O)c1ccc(N=Nc2c(O)[nH]c3ccc([N+](=O)[O-])cc23)nc1. The van der Waals surface area contributed by atoms with Gasteiger partial charge in [-0.1, -0.05) is 13.8 Å². The first-order chi connectivity index (χ1) is 13.8. The van der Waals surface area contributed by atoms with E-state index >= 15 is 0 Å². The van der Waals surface area contributed by atoms with Gasteiger partial charge >= 0.3 is 0 Å². The summed E-state index contributed by atoms with van der Waals surface area (Å²) in [5.41, 5.74) is 0.318. The summed E-state index contributed by atoms with van der Waals surface area (Å²) in [6, 6.07) is 6.78. The molecule has 2 aromatic heterocycles.